The van der Waals surface area contributed by atoms with E-state index in [4.69, 9.17) is 15.9 Å². The van der Waals surface area contributed by atoms with Crippen LogP contribution in [0.3, 0.4) is 0 Å². The lowest BCUT2D eigenvalue weighted by atomic mass is 10.4. The van der Waals surface area contributed by atoms with E-state index >= 15 is 0 Å². The van der Waals surface area contributed by atoms with Crippen LogP contribution in [-0.2, 0) is 6.18 Å². The first-order valence-electron chi connectivity index (χ1n) is 5.07. The Bertz CT molecular complexity index is 394. The molecule has 1 rings (SSSR count). The fourth-order valence-electron chi connectivity index (χ4n) is 1.32. The van der Waals surface area contributed by atoms with Gasteiger partial charge in [-0.05, 0) is 0 Å². The lowest BCUT2D eigenvalue weighted by Crippen LogP contribution is -2.31. The first-order valence-corrected chi connectivity index (χ1v) is 5.07. The lowest BCUT2D eigenvalue weighted by Gasteiger charge is -2.22. The van der Waals surface area contributed by atoms with Crippen molar-refractivity contribution in [1.29, 1.82) is 0 Å². The van der Waals surface area contributed by atoms with E-state index in [1.807, 2.05) is 0 Å². The van der Waals surface area contributed by atoms with Crippen LogP contribution in [-0.4, -0.2) is 46.5 Å². The maximum Gasteiger partial charge on any atom is 0.451 e. The van der Waals surface area contributed by atoms with Gasteiger partial charge in [-0.25, -0.2) is 9.97 Å². The first-order chi connectivity index (χ1) is 8.38. The number of hydrogen-bond acceptors (Lipinski definition) is 6. The van der Waals surface area contributed by atoms with E-state index in [1.54, 1.807) is 0 Å². The zero-order valence-corrected chi connectivity index (χ0v) is 9.35. The van der Waals surface area contributed by atoms with Crippen LogP contribution in [0.1, 0.15) is 5.82 Å². The summed E-state index contributed by atoms with van der Waals surface area (Å²) in [5.41, 5.74) is 5.28. The topological polar surface area (TPSA) is 95.5 Å². The van der Waals surface area contributed by atoms with Gasteiger partial charge in [0.1, 0.15) is 11.6 Å². The largest absolute Gasteiger partial charge is 0.451 e. The highest BCUT2D eigenvalue weighted by Crippen LogP contribution is 2.28. The Morgan fingerprint density at radius 2 is 1.72 bits per heavy atom. The Labute approximate surface area is 101 Å². The van der Waals surface area contributed by atoms with Crippen LogP contribution in [0.25, 0.3) is 0 Å². The highest BCUT2D eigenvalue weighted by atomic mass is 19.4. The van der Waals surface area contributed by atoms with Crippen LogP contribution in [0.2, 0.25) is 0 Å². The molecule has 0 atom stereocenters. The number of halogens is 3. The molecule has 0 aliphatic rings. The van der Waals surface area contributed by atoms with Gasteiger partial charge in [0, 0.05) is 19.2 Å². The van der Waals surface area contributed by atoms with Crippen LogP contribution in [0.4, 0.5) is 24.8 Å². The highest BCUT2D eigenvalue weighted by Gasteiger charge is 2.35. The number of aromatic nitrogens is 2. The SMILES string of the molecule is Nc1cc(N(CCO)CCO)nc(C(F)(F)F)n1. The van der Waals surface area contributed by atoms with E-state index in [0.717, 1.165) is 6.07 Å². The van der Waals surface area contributed by atoms with Crippen molar-refractivity contribution < 1.29 is 23.4 Å². The average molecular weight is 266 g/mol. The number of nitrogens with two attached hydrogens (primary N) is 1. The van der Waals surface area contributed by atoms with Gasteiger partial charge in [0.15, 0.2) is 0 Å². The Kier molecular flexibility index (Phi) is 4.68. The molecule has 1 aromatic heterocycles. The van der Waals surface area contributed by atoms with E-state index < -0.39 is 12.0 Å². The molecular formula is C9H13F3N4O2. The monoisotopic (exact) mass is 266 g/mol. The number of aliphatic hydroxyl groups excluding tert-OH is 2. The Morgan fingerprint density at radius 1 is 1.17 bits per heavy atom. The molecule has 1 heterocycles. The zero-order valence-electron chi connectivity index (χ0n) is 9.35. The number of nitrogen functional groups attached to an aromatic ring is 1. The maximum absolute atomic E-state index is 12.5. The van der Waals surface area contributed by atoms with Gasteiger partial charge in [0.25, 0.3) is 0 Å². The molecule has 6 nitrogen and oxygen atoms in total. The summed E-state index contributed by atoms with van der Waals surface area (Å²) in [5.74, 6) is -1.76. The summed E-state index contributed by atoms with van der Waals surface area (Å²) in [4.78, 5) is 7.71. The predicted molar refractivity (Wildman–Crippen MR) is 57.8 cm³/mol. The van der Waals surface area contributed by atoms with Gasteiger partial charge in [-0.1, -0.05) is 0 Å². The molecule has 0 fully saturated rings. The minimum Gasteiger partial charge on any atom is -0.395 e. The van der Waals surface area contributed by atoms with Gasteiger partial charge in [0.2, 0.25) is 5.82 Å². The number of hydrogen-bond donors (Lipinski definition) is 3. The molecule has 0 saturated heterocycles. The average Bonchev–Trinajstić information content (AvgIpc) is 2.27. The second-order valence-electron chi connectivity index (χ2n) is 3.41. The van der Waals surface area contributed by atoms with Crippen molar-refractivity contribution in [2.24, 2.45) is 0 Å². The molecule has 0 saturated carbocycles. The summed E-state index contributed by atoms with van der Waals surface area (Å²) in [6.45, 7) is -0.501. The van der Waals surface area contributed by atoms with Gasteiger partial charge in [-0.2, -0.15) is 13.2 Å². The smallest absolute Gasteiger partial charge is 0.395 e. The molecule has 0 aliphatic heterocycles. The van der Waals surface area contributed by atoms with Gasteiger partial charge >= 0.3 is 6.18 Å². The molecule has 0 amide bonds. The molecular weight excluding hydrogens is 253 g/mol. The first kappa shape index (κ1) is 14.5. The second-order valence-corrected chi connectivity index (χ2v) is 3.41. The number of anilines is 2. The summed E-state index contributed by atoms with van der Waals surface area (Å²) >= 11 is 0. The Morgan fingerprint density at radius 3 is 2.17 bits per heavy atom. The van der Waals surface area contributed by atoms with Crippen LogP contribution in [0, 0.1) is 0 Å². The molecule has 102 valence electrons. The number of rotatable bonds is 5. The maximum atomic E-state index is 12.5. The van der Waals surface area contributed by atoms with Gasteiger partial charge in [-0.15, -0.1) is 0 Å². The molecule has 9 heteroatoms. The molecule has 4 N–H and O–H groups in total. The van der Waals surface area contributed by atoms with E-state index in [1.165, 1.54) is 4.90 Å². The van der Waals surface area contributed by atoms with Crippen molar-refractivity contribution in [3.8, 4) is 0 Å². The van der Waals surface area contributed by atoms with Crippen molar-refractivity contribution in [2.75, 3.05) is 36.9 Å². The fraction of sp³-hybridized carbons (Fsp3) is 0.556. The Balaban J connectivity index is 3.10. The van der Waals surface area contributed by atoms with Gasteiger partial charge in [0.05, 0.1) is 13.2 Å². The van der Waals surface area contributed by atoms with Crippen LogP contribution in [0.5, 0.6) is 0 Å². The minimum atomic E-state index is -4.70. The quantitative estimate of drug-likeness (QED) is 0.687. The lowest BCUT2D eigenvalue weighted by molar-refractivity contribution is -0.144. The summed E-state index contributed by atoms with van der Waals surface area (Å²) in [7, 11) is 0. The number of alkyl halides is 3. The molecule has 1 aromatic rings. The van der Waals surface area contributed by atoms with E-state index in [0.29, 0.717) is 0 Å². The summed E-state index contributed by atoms with van der Waals surface area (Å²) in [6, 6.07) is 1.15. The third-order valence-corrected chi connectivity index (χ3v) is 2.05. The summed E-state index contributed by atoms with van der Waals surface area (Å²) in [6.07, 6.45) is -4.70. The molecule has 0 radical (unpaired) electrons. The Hall–Kier alpha value is -1.61. The summed E-state index contributed by atoms with van der Waals surface area (Å²) < 4.78 is 37.5. The minimum absolute atomic E-state index is 0.0360. The van der Waals surface area contributed by atoms with E-state index in [9.17, 15) is 13.2 Å². The molecule has 0 bridgehead atoms. The number of nitrogens with zero attached hydrogens (tertiary/aromatic N) is 3. The second kappa shape index (κ2) is 5.83. The van der Waals surface area contributed by atoms with Crippen molar-refractivity contribution in [3.63, 3.8) is 0 Å². The van der Waals surface area contributed by atoms with Crippen molar-refractivity contribution in [3.05, 3.63) is 11.9 Å². The van der Waals surface area contributed by atoms with Gasteiger partial charge < -0.3 is 20.8 Å². The van der Waals surface area contributed by atoms with E-state index in [2.05, 4.69) is 9.97 Å². The molecule has 18 heavy (non-hydrogen) atoms. The van der Waals surface area contributed by atoms with Crippen molar-refractivity contribution in [1.82, 2.24) is 9.97 Å². The standard InChI is InChI=1S/C9H13F3N4O2/c10-9(11,12)8-14-6(13)5-7(15-8)16(1-3-17)2-4-18/h5,17-18H,1-4H2,(H2,13,14,15). The fourth-order valence-corrected chi connectivity index (χ4v) is 1.32. The highest BCUT2D eigenvalue weighted by molar-refractivity contribution is 5.47. The molecule has 0 spiro atoms. The number of aliphatic hydroxyl groups is 2. The van der Waals surface area contributed by atoms with Crippen LogP contribution >= 0.6 is 0 Å². The van der Waals surface area contributed by atoms with Crippen LogP contribution < -0.4 is 10.6 Å². The molecule has 0 aromatic carbocycles. The van der Waals surface area contributed by atoms with E-state index in [-0.39, 0.29) is 37.9 Å². The summed E-state index contributed by atoms with van der Waals surface area (Å²) in [5, 5.41) is 17.6. The van der Waals surface area contributed by atoms with Crippen LogP contribution in [0.15, 0.2) is 6.07 Å². The zero-order chi connectivity index (χ0) is 13.8. The molecule has 0 unspecified atom stereocenters. The third-order valence-electron chi connectivity index (χ3n) is 2.05. The molecule has 0 aliphatic carbocycles. The van der Waals surface area contributed by atoms with Crippen molar-refractivity contribution in [2.45, 2.75) is 6.18 Å². The normalized spacial score (nSPS) is 11.6. The van der Waals surface area contributed by atoms with Crippen molar-refractivity contribution >= 4 is 11.6 Å². The predicted octanol–water partition coefficient (Wildman–Crippen LogP) is -0.131. The third kappa shape index (κ3) is 3.70. The van der Waals surface area contributed by atoms with Gasteiger partial charge in [-0.3, -0.25) is 0 Å².